The second kappa shape index (κ2) is 11.3. The summed E-state index contributed by atoms with van der Waals surface area (Å²) >= 11 is 1.59. The molecule has 0 aliphatic heterocycles. The quantitative estimate of drug-likeness (QED) is 0.445. The molecule has 33 heavy (non-hydrogen) atoms. The van der Waals surface area contributed by atoms with Gasteiger partial charge in [-0.1, -0.05) is 60.6 Å². The number of nitrogens with one attached hydrogen (secondary N) is 2. The van der Waals surface area contributed by atoms with Gasteiger partial charge in [-0.05, 0) is 36.8 Å². The molecule has 0 aromatic carbocycles. The van der Waals surface area contributed by atoms with E-state index in [9.17, 15) is 19.5 Å². The highest BCUT2D eigenvalue weighted by Crippen LogP contribution is 2.32. The Hall–Kier alpha value is -2.19. The third-order valence-electron chi connectivity index (χ3n) is 6.06. The van der Waals surface area contributed by atoms with Crippen molar-refractivity contribution in [1.82, 2.24) is 15.5 Å². The summed E-state index contributed by atoms with van der Waals surface area (Å²) in [5, 5.41) is 17.4. The molecule has 0 fully saturated rings. The van der Waals surface area contributed by atoms with Crippen molar-refractivity contribution in [3.05, 3.63) is 34.0 Å². The Morgan fingerprint density at radius 1 is 1.12 bits per heavy atom. The van der Waals surface area contributed by atoms with Gasteiger partial charge in [-0.25, -0.2) is 4.79 Å². The molecule has 3 N–H and O–H groups in total. The third kappa shape index (κ3) is 7.14. The van der Waals surface area contributed by atoms with Crippen LogP contribution in [0.3, 0.4) is 0 Å². The van der Waals surface area contributed by atoms with Crippen LogP contribution in [0.15, 0.2) is 29.2 Å². The number of hydrogen-bond donors (Lipinski definition) is 3. The van der Waals surface area contributed by atoms with Crippen LogP contribution in [-0.2, 0) is 19.8 Å². The summed E-state index contributed by atoms with van der Waals surface area (Å²) in [5.41, 5.74) is -0.858. The molecule has 0 unspecified atom stereocenters. The SMILES string of the molecule is CN[C@H](C(=O)N[C@H](C(=O)N(C)[C@H](C=C(C)C(=O)O)C(C)C)C(C)(C)C)C(C)(C)c1cccs1. The average Bonchev–Trinajstić information content (AvgIpc) is 3.23. The number of carboxylic acid groups (broad SMARTS) is 1. The van der Waals surface area contributed by atoms with Gasteiger partial charge in [0.25, 0.3) is 0 Å². The van der Waals surface area contributed by atoms with Crippen molar-refractivity contribution < 1.29 is 19.5 Å². The number of amides is 2. The maximum atomic E-state index is 13.6. The van der Waals surface area contributed by atoms with Crippen LogP contribution in [0, 0.1) is 11.3 Å². The lowest BCUT2D eigenvalue weighted by atomic mass is 9.80. The normalized spacial score (nSPS) is 15.7. The fraction of sp³-hybridized carbons (Fsp3) is 0.640. The molecule has 0 aliphatic carbocycles. The number of aliphatic carboxylic acids is 1. The molecule has 186 valence electrons. The molecule has 0 aliphatic rings. The second-order valence-electron chi connectivity index (χ2n) is 10.6. The first-order chi connectivity index (χ1) is 15.0. The summed E-state index contributed by atoms with van der Waals surface area (Å²) in [5.74, 6) is -1.54. The lowest BCUT2D eigenvalue weighted by molar-refractivity contribution is -0.141. The maximum absolute atomic E-state index is 13.6. The van der Waals surface area contributed by atoms with Crippen molar-refractivity contribution in [1.29, 1.82) is 0 Å². The van der Waals surface area contributed by atoms with E-state index < -0.39 is 34.9 Å². The van der Waals surface area contributed by atoms with Crippen molar-refractivity contribution in [2.45, 2.75) is 78.9 Å². The molecule has 2 amide bonds. The predicted molar refractivity (Wildman–Crippen MR) is 134 cm³/mol. The minimum atomic E-state index is -1.02. The molecule has 0 radical (unpaired) electrons. The average molecular weight is 480 g/mol. The van der Waals surface area contributed by atoms with Gasteiger partial charge in [0.15, 0.2) is 0 Å². The maximum Gasteiger partial charge on any atom is 0.331 e. The Morgan fingerprint density at radius 2 is 1.70 bits per heavy atom. The zero-order chi connectivity index (χ0) is 25.7. The van der Waals surface area contributed by atoms with Gasteiger partial charge in [0, 0.05) is 22.9 Å². The molecule has 7 nitrogen and oxygen atoms in total. The molecule has 8 heteroatoms. The highest BCUT2D eigenvalue weighted by atomic mass is 32.1. The topological polar surface area (TPSA) is 98.7 Å². The first kappa shape index (κ1) is 28.8. The van der Waals surface area contributed by atoms with Crippen molar-refractivity contribution in [3.63, 3.8) is 0 Å². The molecule has 0 saturated carbocycles. The van der Waals surface area contributed by atoms with Gasteiger partial charge in [0.05, 0.1) is 12.1 Å². The van der Waals surface area contributed by atoms with Crippen LogP contribution in [0.1, 0.15) is 60.3 Å². The van der Waals surface area contributed by atoms with Gasteiger partial charge in [-0.15, -0.1) is 11.3 Å². The van der Waals surface area contributed by atoms with E-state index in [0.29, 0.717) is 0 Å². The van der Waals surface area contributed by atoms with Gasteiger partial charge in [0.1, 0.15) is 6.04 Å². The van der Waals surface area contributed by atoms with Crippen LogP contribution in [-0.4, -0.2) is 60.0 Å². The molecule has 1 heterocycles. The monoisotopic (exact) mass is 479 g/mol. The summed E-state index contributed by atoms with van der Waals surface area (Å²) in [6.07, 6.45) is 1.60. The molecule has 0 bridgehead atoms. The summed E-state index contributed by atoms with van der Waals surface area (Å²) in [6.45, 7) is 15.1. The van der Waals surface area contributed by atoms with Crippen LogP contribution in [0.2, 0.25) is 0 Å². The van der Waals surface area contributed by atoms with Gasteiger partial charge >= 0.3 is 5.97 Å². The minimum absolute atomic E-state index is 0.00705. The van der Waals surface area contributed by atoms with E-state index in [2.05, 4.69) is 10.6 Å². The lowest BCUT2D eigenvalue weighted by Crippen LogP contribution is -2.61. The Balaban J connectivity index is 3.26. The fourth-order valence-electron chi connectivity index (χ4n) is 3.91. The molecule has 0 spiro atoms. The molecule has 3 atom stereocenters. The Kier molecular flexibility index (Phi) is 9.87. The largest absolute Gasteiger partial charge is 0.478 e. The van der Waals surface area contributed by atoms with Crippen LogP contribution >= 0.6 is 11.3 Å². The van der Waals surface area contributed by atoms with Crippen LogP contribution in [0.25, 0.3) is 0 Å². The number of carbonyl (C=O) groups is 3. The fourth-order valence-corrected chi connectivity index (χ4v) is 4.79. The second-order valence-corrected chi connectivity index (χ2v) is 11.5. The summed E-state index contributed by atoms with van der Waals surface area (Å²) < 4.78 is 0. The van der Waals surface area contributed by atoms with E-state index in [0.717, 1.165) is 4.88 Å². The number of likely N-dealkylation sites (N-methyl/N-ethyl adjacent to an activating group) is 2. The van der Waals surface area contributed by atoms with Gasteiger partial charge in [-0.3, -0.25) is 9.59 Å². The number of nitrogens with zero attached hydrogens (tertiary/aromatic N) is 1. The molecule has 0 saturated heterocycles. The first-order valence-electron chi connectivity index (χ1n) is 11.3. The third-order valence-corrected chi connectivity index (χ3v) is 7.27. The number of carbonyl (C=O) groups excluding carboxylic acids is 2. The van der Waals surface area contributed by atoms with Crippen LogP contribution in [0.5, 0.6) is 0 Å². The van der Waals surface area contributed by atoms with Crippen molar-refractivity contribution >= 4 is 29.1 Å². The Bertz CT molecular complexity index is 854. The standard InChI is InChI=1S/C25H41N3O4S/c1-15(2)17(14-16(3)23(31)32)28(10)22(30)20(24(4,5)6)27-21(29)19(26-9)25(7,8)18-12-11-13-33-18/h11-15,17,19-20,26H,1-10H3,(H,27,29)(H,31,32)/t17-,19-,20-/m1/s1. The predicted octanol–water partition coefficient (Wildman–Crippen LogP) is 3.66. The molecule has 1 aromatic rings. The minimum Gasteiger partial charge on any atom is -0.478 e. The summed E-state index contributed by atoms with van der Waals surface area (Å²) in [7, 11) is 3.41. The van der Waals surface area contributed by atoms with Crippen molar-refractivity contribution in [2.75, 3.05) is 14.1 Å². The van der Waals surface area contributed by atoms with E-state index >= 15 is 0 Å². The van der Waals surface area contributed by atoms with Crippen LogP contribution in [0.4, 0.5) is 0 Å². The van der Waals surface area contributed by atoms with E-state index in [-0.39, 0.29) is 23.3 Å². The number of hydrogen-bond acceptors (Lipinski definition) is 5. The van der Waals surface area contributed by atoms with Gasteiger partial charge in [0.2, 0.25) is 11.8 Å². The highest BCUT2D eigenvalue weighted by Gasteiger charge is 2.42. The molecular weight excluding hydrogens is 438 g/mol. The van der Waals surface area contributed by atoms with E-state index in [1.807, 2.05) is 66.0 Å². The summed E-state index contributed by atoms with van der Waals surface area (Å²) in [4.78, 5) is 41.0. The van der Waals surface area contributed by atoms with Crippen molar-refractivity contribution in [2.24, 2.45) is 11.3 Å². The van der Waals surface area contributed by atoms with E-state index in [1.54, 1.807) is 36.4 Å². The van der Waals surface area contributed by atoms with Gasteiger partial charge < -0.3 is 20.6 Å². The molecular formula is C25H41N3O4S. The Labute approximate surface area is 202 Å². The van der Waals surface area contributed by atoms with E-state index in [1.165, 1.54) is 6.92 Å². The molecule has 1 rings (SSSR count). The first-order valence-corrected chi connectivity index (χ1v) is 12.1. The zero-order valence-electron chi connectivity index (χ0n) is 21.6. The Morgan fingerprint density at radius 3 is 2.09 bits per heavy atom. The van der Waals surface area contributed by atoms with Gasteiger partial charge in [-0.2, -0.15) is 0 Å². The highest BCUT2D eigenvalue weighted by molar-refractivity contribution is 7.10. The molecule has 1 aromatic heterocycles. The zero-order valence-corrected chi connectivity index (χ0v) is 22.5. The van der Waals surface area contributed by atoms with Crippen LogP contribution < -0.4 is 10.6 Å². The van der Waals surface area contributed by atoms with E-state index in [4.69, 9.17) is 0 Å². The lowest BCUT2D eigenvalue weighted by Gasteiger charge is -2.39. The number of carboxylic acids is 1. The summed E-state index contributed by atoms with van der Waals surface area (Å²) in [6, 6.07) is 2.21. The smallest absolute Gasteiger partial charge is 0.331 e. The number of thiophene rings is 1. The van der Waals surface area contributed by atoms with Crippen molar-refractivity contribution in [3.8, 4) is 0 Å². The number of rotatable bonds is 10.